The molecule has 1 aliphatic rings. The van der Waals surface area contributed by atoms with E-state index in [1.54, 1.807) is 18.3 Å². The van der Waals surface area contributed by atoms with Crippen molar-refractivity contribution < 1.29 is 9.90 Å². The Bertz CT molecular complexity index is 1060. The van der Waals surface area contributed by atoms with Gasteiger partial charge in [-0.3, -0.25) is 9.78 Å². The van der Waals surface area contributed by atoms with Crippen LogP contribution in [-0.2, 0) is 4.79 Å². The molecule has 0 aliphatic carbocycles. The Balaban J connectivity index is 1.74. The number of benzene rings is 2. The minimum absolute atomic E-state index is 0.0434. The number of hydrogen-bond acceptors (Lipinski definition) is 4. The summed E-state index contributed by atoms with van der Waals surface area (Å²) in [5, 5.41) is 15.3. The summed E-state index contributed by atoms with van der Waals surface area (Å²) in [6, 6.07) is 13.1. The number of nitrogens with zero attached hydrogens (tertiary/aromatic N) is 2. The average molecular weight is 438 g/mol. The summed E-state index contributed by atoms with van der Waals surface area (Å²) >= 11 is 6.52. The molecule has 0 spiro atoms. The molecule has 1 atom stereocenters. The van der Waals surface area contributed by atoms with Crippen LogP contribution in [0.4, 0.5) is 5.69 Å². The van der Waals surface area contributed by atoms with E-state index in [2.05, 4.69) is 27.3 Å². The van der Waals surface area contributed by atoms with Crippen LogP contribution in [-0.4, -0.2) is 29.1 Å². The Morgan fingerprint density at radius 1 is 1.19 bits per heavy atom. The molecule has 1 saturated heterocycles. The molecule has 4 rings (SSSR count). The first-order chi connectivity index (χ1) is 15.1. The highest BCUT2D eigenvalue weighted by atomic mass is 35.5. The Morgan fingerprint density at radius 3 is 2.65 bits per heavy atom. The fourth-order valence-electron chi connectivity index (χ4n) is 4.26. The first kappa shape index (κ1) is 21.4. The average Bonchev–Trinajstić information content (AvgIpc) is 2.81. The number of rotatable bonds is 6. The molecule has 1 fully saturated rings. The molecular weight excluding hydrogens is 410 g/mol. The van der Waals surface area contributed by atoms with Gasteiger partial charge in [-0.05, 0) is 61.6 Å². The number of fused-ring (bicyclic) bond motifs is 1. The number of carbonyl (C=O) groups is 1. The van der Waals surface area contributed by atoms with E-state index in [1.165, 1.54) is 24.9 Å². The van der Waals surface area contributed by atoms with Crippen LogP contribution in [0.15, 0.2) is 48.7 Å². The van der Waals surface area contributed by atoms with Gasteiger partial charge in [0.15, 0.2) is 0 Å². The number of aromatic nitrogens is 1. The molecule has 2 heterocycles. The molecule has 1 amide bonds. The second-order valence-corrected chi connectivity index (χ2v) is 8.49. The number of phenols is 1. The molecule has 0 saturated carbocycles. The third-order valence-electron chi connectivity index (χ3n) is 5.89. The van der Waals surface area contributed by atoms with Gasteiger partial charge in [0, 0.05) is 42.3 Å². The van der Waals surface area contributed by atoms with Crippen molar-refractivity contribution in [1.29, 1.82) is 0 Å². The SMILES string of the molecule is CCCC(=O)NC(c1ccc(N2CCCCC2)cc1)c1cc(Cl)c2cccnc2c1O. The Kier molecular flexibility index (Phi) is 6.62. The first-order valence-corrected chi connectivity index (χ1v) is 11.4. The lowest BCUT2D eigenvalue weighted by Crippen LogP contribution is -2.30. The molecule has 162 valence electrons. The number of pyridine rings is 1. The smallest absolute Gasteiger partial charge is 0.220 e. The summed E-state index contributed by atoms with van der Waals surface area (Å²) < 4.78 is 0. The quantitative estimate of drug-likeness (QED) is 0.527. The number of carbonyl (C=O) groups excluding carboxylic acids is 1. The number of amides is 1. The molecule has 2 N–H and O–H groups in total. The van der Waals surface area contributed by atoms with E-state index in [4.69, 9.17) is 11.6 Å². The van der Waals surface area contributed by atoms with Gasteiger partial charge in [-0.25, -0.2) is 0 Å². The van der Waals surface area contributed by atoms with Crippen LogP contribution in [0.25, 0.3) is 10.9 Å². The molecule has 3 aromatic rings. The monoisotopic (exact) mass is 437 g/mol. The van der Waals surface area contributed by atoms with Gasteiger partial charge in [0.1, 0.15) is 11.3 Å². The summed E-state index contributed by atoms with van der Waals surface area (Å²) in [6.07, 6.45) is 6.51. The molecule has 0 radical (unpaired) electrons. The van der Waals surface area contributed by atoms with Crippen LogP contribution in [0.3, 0.4) is 0 Å². The van der Waals surface area contributed by atoms with Crippen molar-refractivity contribution in [3.8, 4) is 5.75 Å². The largest absolute Gasteiger partial charge is 0.505 e. The van der Waals surface area contributed by atoms with Crippen molar-refractivity contribution in [3.05, 3.63) is 64.8 Å². The molecular formula is C25H28ClN3O2. The van der Waals surface area contributed by atoms with E-state index in [0.29, 0.717) is 27.9 Å². The maximum atomic E-state index is 12.5. The van der Waals surface area contributed by atoms with Crippen molar-refractivity contribution in [2.75, 3.05) is 18.0 Å². The number of hydrogen-bond donors (Lipinski definition) is 2. The minimum atomic E-state index is -0.515. The van der Waals surface area contributed by atoms with Crippen LogP contribution in [0.5, 0.6) is 5.75 Å². The Labute approximate surface area is 188 Å². The maximum Gasteiger partial charge on any atom is 0.220 e. The van der Waals surface area contributed by atoms with Crippen LogP contribution in [0, 0.1) is 0 Å². The second-order valence-electron chi connectivity index (χ2n) is 8.09. The van der Waals surface area contributed by atoms with Crippen LogP contribution >= 0.6 is 11.6 Å². The van der Waals surface area contributed by atoms with Crippen molar-refractivity contribution in [2.45, 2.75) is 45.1 Å². The lowest BCUT2D eigenvalue weighted by molar-refractivity contribution is -0.121. The molecule has 6 heteroatoms. The zero-order chi connectivity index (χ0) is 21.8. The van der Waals surface area contributed by atoms with Gasteiger partial charge in [0.05, 0.1) is 11.1 Å². The summed E-state index contributed by atoms with van der Waals surface area (Å²) in [7, 11) is 0. The fraction of sp³-hybridized carbons (Fsp3) is 0.360. The first-order valence-electron chi connectivity index (χ1n) is 11.0. The Morgan fingerprint density at radius 2 is 1.94 bits per heavy atom. The number of halogens is 1. The number of anilines is 1. The summed E-state index contributed by atoms with van der Waals surface area (Å²) in [5.41, 5.74) is 3.06. The second kappa shape index (κ2) is 9.56. The van der Waals surface area contributed by atoms with Gasteiger partial charge in [-0.2, -0.15) is 0 Å². The number of phenolic OH excluding ortho intramolecular Hbond substituents is 1. The van der Waals surface area contributed by atoms with Gasteiger partial charge in [-0.15, -0.1) is 0 Å². The number of piperidine rings is 1. The van der Waals surface area contributed by atoms with E-state index < -0.39 is 6.04 Å². The molecule has 31 heavy (non-hydrogen) atoms. The molecule has 1 aliphatic heterocycles. The maximum absolute atomic E-state index is 12.5. The van der Waals surface area contributed by atoms with Crippen LogP contribution in [0.1, 0.15) is 56.2 Å². The highest BCUT2D eigenvalue weighted by Crippen LogP contribution is 2.38. The summed E-state index contributed by atoms with van der Waals surface area (Å²) in [4.78, 5) is 19.2. The fourth-order valence-corrected chi connectivity index (χ4v) is 4.53. The lowest BCUT2D eigenvalue weighted by Gasteiger charge is -2.29. The summed E-state index contributed by atoms with van der Waals surface area (Å²) in [5.74, 6) is -0.0221. The normalized spacial score (nSPS) is 15.1. The zero-order valence-electron chi connectivity index (χ0n) is 17.8. The van der Waals surface area contributed by atoms with Crippen molar-refractivity contribution in [2.24, 2.45) is 0 Å². The van der Waals surface area contributed by atoms with Gasteiger partial charge >= 0.3 is 0 Å². The molecule has 1 unspecified atom stereocenters. The van der Waals surface area contributed by atoms with Crippen LogP contribution < -0.4 is 10.2 Å². The van der Waals surface area contributed by atoms with E-state index in [9.17, 15) is 9.90 Å². The molecule has 1 aromatic heterocycles. The molecule has 5 nitrogen and oxygen atoms in total. The molecule has 2 aromatic carbocycles. The number of aromatic hydroxyl groups is 1. The minimum Gasteiger partial charge on any atom is -0.505 e. The standard InChI is InChI=1S/C25H28ClN3O2/c1-2-7-22(30)28-23(17-9-11-18(12-10-17)29-14-4-3-5-15-29)20-16-21(26)19-8-6-13-27-24(19)25(20)31/h6,8-13,16,23,31H,2-5,7,14-15H2,1H3,(H,28,30). The van der Waals surface area contributed by atoms with E-state index in [0.717, 1.165) is 25.1 Å². The van der Waals surface area contributed by atoms with E-state index >= 15 is 0 Å². The predicted octanol–water partition coefficient (Wildman–Crippen LogP) is 5.59. The Hall–Kier alpha value is -2.79. The van der Waals surface area contributed by atoms with Gasteiger partial charge < -0.3 is 15.3 Å². The number of nitrogens with one attached hydrogen (secondary N) is 1. The van der Waals surface area contributed by atoms with Gasteiger partial charge in [0.2, 0.25) is 5.91 Å². The van der Waals surface area contributed by atoms with Gasteiger partial charge in [-0.1, -0.05) is 30.7 Å². The lowest BCUT2D eigenvalue weighted by atomic mass is 9.95. The molecule has 0 bridgehead atoms. The van der Waals surface area contributed by atoms with E-state index in [-0.39, 0.29) is 11.7 Å². The van der Waals surface area contributed by atoms with E-state index in [1.807, 2.05) is 25.1 Å². The van der Waals surface area contributed by atoms with Gasteiger partial charge in [0.25, 0.3) is 0 Å². The third kappa shape index (κ3) is 4.62. The van der Waals surface area contributed by atoms with Crippen molar-refractivity contribution in [3.63, 3.8) is 0 Å². The highest BCUT2D eigenvalue weighted by molar-refractivity contribution is 6.35. The highest BCUT2D eigenvalue weighted by Gasteiger charge is 2.23. The summed E-state index contributed by atoms with van der Waals surface area (Å²) in [6.45, 7) is 4.11. The topological polar surface area (TPSA) is 65.5 Å². The zero-order valence-corrected chi connectivity index (χ0v) is 18.5. The predicted molar refractivity (Wildman–Crippen MR) is 126 cm³/mol. The van der Waals surface area contributed by atoms with Crippen LogP contribution in [0.2, 0.25) is 5.02 Å². The van der Waals surface area contributed by atoms with Crippen molar-refractivity contribution in [1.82, 2.24) is 10.3 Å². The van der Waals surface area contributed by atoms with Crippen molar-refractivity contribution >= 4 is 34.1 Å². The third-order valence-corrected chi connectivity index (χ3v) is 6.20.